The highest BCUT2D eigenvalue weighted by molar-refractivity contribution is 7.11. The predicted molar refractivity (Wildman–Crippen MR) is 105 cm³/mol. The summed E-state index contributed by atoms with van der Waals surface area (Å²) >= 11 is 1.45. The van der Waals surface area contributed by atoms with Crippen molar-refractivity contribution in [1.29, 1.82) is 5.41 Å². The lowest BCUT2D eigenvalue weighted by molar-refractivity contribution is 0.355. The van der Waals surface area contributed by atoms with E-state index in [0.717, 1.165) is 11.4 Å². The molecule has 138 valence electrons. The van der Waals surface area contributed by atoms with Gasteiger partial charge in [0.1, 0.15) is 16.6 Å². The van der Waals surface area contributed by atoms with Crippen molar-refractivity contribution in [2.75, 3.05) is 25.7 Å². The van der Waals surface area contributed by atoms with E-state index in [-0.39, 0.29) is 23.6 Å². The van der Waals surface area contributed by atoms with Gasteiger partial charge >= 0.3 is 0 Å². The van der Waals surface area contributed by atoms with E-state index in [4.69, 9.17) is 14.9 Å². The highest BCUT2D eigenvalue weighted by Crippen LogP contribution is 2.37. The quantitative estimate of drug-likeness (QED) is 0.839. The van der Waals surface area contributed by atoms with E-state index in [0.29, 0.717) is 22.1 Å². The molecule has 0 radical (unpaired) electrons. The normalized spacial score (nSPS) is 15.0. The van der Waals surface area contributed by atoms with Crippen LogP contribution in [0, 0.1) is 5.41 Å². The third-order valence-corrected chi connectivity index (χ3v) is 5.13. The third kappa shape index (κ3) is 3.14. The van der Waals surface area contributed by atoms with Crippen LogP contribution in [0.1, 0.15) is 31.5 Å². The summed E-state index contributed by atoms with van der Waals surface area (Å²) in [6, 6.07) is 5.43. The Morgan fingerprint density at radius 3 is 2.46 bits per heavy atom. The van der Waals surface area contributed by atoms with E-state index in [2.05, 4.69) is 25.8 Å². The van der Waals surface area contributed by atoms with Gasteiger partial charge in [-0.2, -0.15) is 0 Å². The van der Waals surface area contributed by atoms with Crippen LogP contribution >= 0.6 is 11.3 Å². The lowest BCUT2D eigenvalue weighted by atomic mass is 9.93. The predicted octanol–water partition coefficient (Wildman–Crippen LogP) is 4.22. The van der Waals surface area contributed by atoms with Crippen LogP contribution in [-0.2, 0) is 5.41 Å². The monoisotopic (exact) mass is 373 g/mol. The van der Waals surface area contributed by atoms with Gasteiger partial charge in [-0.05, 0) is 12.1 Å². The number of aliphatic hydroxyl groups is 1. The second kappa shape index (κ2) is 6.64. The summed E-state index contributed by atoms with van der Waals surface area (Å²) < 4.78 is 10.6. The molecule has 1 aromatic carbocycles. The summed E-state index contributed by atoms with van der Waals surface area (Å²) in [6.45, 7) is 6.51. The first kappa shape index (κ1) is 18.3. The Morgan fingerprint density at radius 1 is 1.19 bits per heavy atom. The summed E-state index contributed by atoms with van der Waals surface area (Å²) in [5, 5.41) is 21.7. The number of thiazole rings is 1. The van der Waals surface area contributed by atoms with Crippen molar-refractivity contribution >= 4 is 28.4 Å². The summed E-state index contributed by atoms with van der Waals surface area (Å²) in [5.74, 6) is 1.58. The first-order valence-corrected chi connectivity index (χ1v) is 9.11. The highest BCUT2D eigenvalue weighted by Gasteiger charge is 2.32. The summed E-state index contributed by atoms with van der Waals surface area (Å²) in [7, 11) is 3.15. The Labute approximate surface area is 157 Å². The van der Waals surface area contributed by atoms with Gasteiger partial charge < -0.3 is 19.5 Å². The molecule has 3 rings (SSSR count). The molecule has 2 N–H and O–H groups in total. The van der Waals surface area contributed by atoms with Crippen LogP contribution in [0.25, 0.3) is 5.57 Å². The van der Waals surface area contributed by atoms with E-state index in [1.807, 2.05) is 11.4 Å². The number of methoxy groups -OCH3 is 2. The fourth-order valence-electron chi connectivity index (χ4n) is 2.75. The number of nitrogens with zero attached hydrogens (tertiary/aromatic N) is 2. The van der Waals surface area contributed by atoms with Gasteiger partial charge in [-0.15, -0.1) is 11.3 Å². The fourth-order valence-corrected chi connectivity index (χ4v) is 3.86. The van der Waals surface area contributed by atoms with Crippen molar-refractivity contribution in [2.45, 2.75) is 26.2 Å². The number of hydrogen-bond donors (Lipinski definition) is 2. The van der Waals surface area contributed by atoms with Crippen LogP contribution < -0.4 is 14.4 Å². The molecule has 1 aromatic heterocycles. The van der Waals surface area contributed by atoms with Crippen molar-refractivity contribution in [2.24, 2.45) is 0 Å². The van der Waals surface area contributed by atoms with Gasteiger partial charge in [-0.1, -0.05) is 20.8 Å². The molecule has 2 aromatic rings. The fraction of sp³-hybridized carbons (Fsp3) is 0.368. The van der Waals surface area contributed by atoms with Crippen LogP contribution in [-0.4, -0.2) is 36.7 Å². The standard InChI is InChI=1S/C19H23N3O3S/c1-19(2,3)15-10-26-18(21-15)16-12(23)9-22(17(16)20)11-6-7-13(24-4)14(8-11)25-5/h6-8,10,20,23H,9H2,1-5H3. The van der Waals surface area contributed by atoms with Gasteiger partial charge in [0.05, 0.1) is 32.0 Å². The average Bonchev–Trinajstić information content (AvgIpc) is 3.18. The number of benzene rings is 1. The molecule has 1 aliphatic heterocycles. The molecule has 0 bridgehead atoms. The molecule has 0 amide bonds. The zero-order valence-corrected chi connectivity index (χ0v) is 16.4. The molecule has 1 aliphatic rings. The molecular weight excluding hydrogens is 350 g/mol. The maximum absolute atomic E-state index is 10.5. The Bertz CT molecular complexity index is 880. The van der Waals surface area contributed by atoms with Crippen LogP contribution in [0.3, 0.4) is 0 Å². The number of amidine groups is 1. The Morgan fingerprint density at radius 2 is 1.88 bits per heavy atom. The molecule has 7 heteroatoms. The van der Waals surface area contributed by atoms with Crippen LogP contribution in [0.15, 0.2) is 29.3 Å². The number of nitrogens with one attached hydrogen (secondary N) is 1. The largest absolute Gasteiger partial charge is 0.510 e. The maximum atomic E-state index is 10.5. The van der Waals surface area contributed by atoms with Crippen molar-refractivity contribution in [3.63, 3.8) is 0 Å². The molecule has 26 heavy (non-hydrogen) atoms. The molecule has 0 spiro atoms. The summed E-state index contributed by atoms with van der Waals surface area (Å²) in [5.41, 5.74) is 2.12. The minimum Gasteiger partial charge on any atom is -0.510 e. The second-order valence-electron chi connectivity index (χ2n) is 7.08. The smallest absolute Gasteiger partial charge is 0.162 e. The molecule has 2 heterocycles. The summed E-state index contributed by atoms with van der Waals surface area (Å²) in [6.07, 6.45) is 0. The number of rotatable bonds is 4. The van der Waals surface area contributed by atoms with Crippen LogP contribution in [0.2, 0.25) is 0 Å². The van der Waals surface area contributed by atoms with Gasteiger partial charge in [-0.25, -0.2) is 4.98 Å². The zero-order valence-electron chi connectivity index (χ0n) is 15.6. The zero-order chi connectivity index (χ0) is 19.1. The lowest BCUT2D eigenvalue weighted by Crippen LogP contribution is -2.26. The van der Waals surface area contributed by atoms with Crippen molar-refractivity contribution in [3.05, 3.63) is 40.0 Å². The first-order chi connectivity index (χ1) is 12.3. The van der Waals surface area contributed by atoms with E-state index in [1.165, 1.54) is 11.3 Å². The van der Waals surface area contributed by atoms with Crippen molar-refractivity contribution < 1.29 is 14.6 Å². The van der Waals surface area contributed by atoms with Crippen LogP contribution in [0.4, 0.5) is 5.69 Å². The van der Waals surface area contributed by atoms with E-state index < -0.39 is 0 Å². The van der Waals surface area contributed by atoms with Gasteiger partial charge in [0.15, 0.2) is 11.5 Å². The number of ether oxygens (including phenoxy) is 2. The van der Waals surface area contributed by atoms with E-state index in [1.54, 1.807) is 31.3 Å². The average molecular weight is 373 g/mol. The minimum absolute atomic E-state index is 0.0746. The number of anilines is 1. The van der Waals surface area contributed by atoms with Gasteiger partial charge in [0.25, 0.3) is 0 Å². The van der Waals surface area contributed by atoms with E-state index >= 15 is 0 Å². The molecular formula is C19H23N3O3S. The SMILES string of the molecule is COc1ccc(N2CC(O)=C(c3nc(C(C)(C)C)cs3)C2=N)cc1OC. The Kier molecular flexibility index (Phi) is 4.66. The first-order valence-electron chi connectivity index (χ1n) is 8.23. The number of aliphatic hydroxyl groups excluding tert-OH is 1. The Hall–Kier alpha value is -2.54. The number of aromatic nitrogens is 1. The van der Waals surface area contributed by atoms with Gasteiger partial charge in [-0.3, -0.25) is 5.41 Å². The third-order valence-electron chi connectivity index (χ3n) is 4.27. The van der Waals surface area contributed by atoms with Crippen molar-refractivity contribution in [1.82, 2.24) is 4.98 Å². The molecule has 0 aliphatic carbocycles. The second-order valence-corrected chi connectivity index (χ2v) is 7.94. The highest BCUT2D eigenvalue weighted by atomic mass is 32.1. The van der Waals surface area contributed by atoms with Crippen LogP contribution in [0.5, 0.6) is 11.5 Å². The lowest BCUT2D eigenvalue weighted by Gasteiger charge is -2.20. The molecule has 0 saturated heterocycles. The van der Waals surface area contributed by atoms with E-state index in [9.17, 15) is 5.11 Å². The molecule has 6 nitrogen and oxygen atoms in total. The topological polar surface area (TPSA) is 78.7 Å². The summed E-state index contributed by atoms with van der Waals surface area (Å²) in [4.78, 5) is 6.37. The minimum atomic E-state index is -0.0746. The van der Waals surface area contributed by atoms with Gasteiger partial charge in [0.2, 0.25) is 0 Å². The van der Waals surface area contributed by atoms with Crippen molar-refractivity contribution in [3.8, 4) is 11.5 Å². The molecule has 0 atom stereocenters. The molecule has 0 unspecified atom stereocenters. The molecule has 0 saturated carbocycles. The molecule has 0 fully saturated rings. The number of hydrogen-bond acceptors (Lipinski definition) is 6. The Balaban J connectivity index is 1.92. The van der Waals surface area contributed by atoms with Gasteiger partial charge in [0, 0.05) is 22.5 Å². The maximum Gasteiger partial charge on any atom is 0.162 e.